The monoisotopic (exact) mass is 304 g/mol. The molecule has 5 nitrogen and oxygen atoms in total. The second kappa shape index (κ2) is 5.34. The van der Waals surface area contributed by atoms with Crippen molar-refractivity contribution in [3.05, 3.63) is 45.5 Å². The van der Waals surface area contributed by atoms with Crippen LogP contribution in [0.25, 0.3) is 10.9 Å². The van der Waals surface area contributed by atoms with Gasteiger partial charge in [-0.15, -0.1) is 10.2 Å². The van der Waals surface area contributed by atoms with Gasteiger partial charge in [-0.25, -0.2) is 4.98 Å². The summed E-state index contributed by atoms with van der Waals surface area (Å²) in [5, 5.41) is 9.63. The fourth-order valence-corrected chi connectivity index (χ4v) is 3.66. The fraction of sp³-hybridized carbons (Fsp3) is 0.231. The van der Waals surface area contributed by atoms with Crippen LogP contribution in [0.1, 0.15) is 10.8 Å². The van der Waals surface area contributed by atoms with E-state index >= 15 is 0 Å². The number of thioether (sulfide) groups is 1. The molecule has 0 fully saturated rings. The molecule has 0 spiro atoms. The Morgan fingerprint density at radius 2 is 2.10 bits per heavy atom. The molecule has 0 saturated heterocycles. The number of aryl methyl sites for hydroxylation is 1. The second-order valence-electron chi connectivity index (χ2n) is 4.29. The predicted molar refractivity (Wildman–Crippen MR) is 81.2 cm³/mol. The maximum Gasteiger partial charge on any atom is 0.261 e. The van der Waals surface area contributed by atoms with Crippen LogP contribution in [0.3, 0.4) is 0 Å². The van der Waals surface area contributed by atoms with E-state index in [1.807, 2.05) is 25.1 Å². The third-order valence-electron chi connectivity index (χ3n) is 2.91. The third kappa shape index (κ3) is 2.46. The minimum Gasteiger partial charge on any atom is -0.299 e. The first-order valence-corrected chi connectivity index (χ1v) is 7.83. The van der Waals surface area contributed by atoms with Crippen molar-refractivity contribution in [2.24, 2.45) is 7.05 Å². The third-order valence-corrected chi connectivity index (χ3v) is 4.88. The molecule has 0 atom stereocenters. The van der Waals surface area contributed by atoms with Crippen LogP contribution in [0.15, 0.2) is 33.4 Å². The van der Waals surface area contributed by atoms with Crippen LogP contribution >= 0.6 is 23.1 Å². The van der Waals surface area contributed by atoms with E-state index in [0.717, 1.165) is 20.7 Å². The molecule has 0 aliphatic rings. The quantitative estimate of drug-likeness (QED) is 0.695. The van der Waals surface area contributed by atoms with Crippen LogP contribution in [0.2, 0.25) is 0 Å². The summed E-state index contributed by atoms with van der Waals surface area (Å²) >= 11 is 3.09. The Morgan fingerprint density at radius 1 is 1.30 bits per heavy atom. The van der Waals surface area contributed by atoms with Crippen molar-refractivity contribution in [1.29, 1.82) is 0 Å². The average molecular weight is 304 g/mol. The van der Waals surface area contributed by atoms with Crippen molar-refractivity contribution in [3.63, 3.8) is 0 Å². The Kier molecular flexibility index (Phi) is 3.54. The van der Waals surface area contributed by atoms with E-state index in [9.17, 15) is 4.79 Å². The highest BCUT2D eigenvalue weighted by molar-refractivity contribution is 8.00. The summed E-state index contributed by atoms with van der Waals surface area (Å²) in [5.74, 6) is 1.34. The summed E-state index contributed by atoms with van der Waals surface area (Å²) in [6.07, 6.45) is 0. The molecule has 2 heterocycles. The molecule has 3 aromatic rings. The first kappa shape index (κ1) is 13.3. The van der Waals surface area contributed by atoms with Crippen LogP contribution in [0, 0.1) is 6.92 Å². The van der Waals surface area contributed by atoms with E-state index in [0.29, 0.717) is 11.1 Å². The molecule has 7 heteroatoms. The van der Waals surface area contributed by atoms with E-state index in [1.165, 1.54) is 0 Å². The van der Waals surface area contributed by atoms with E-state index in [-0.39, 0.29) is 5.56 Å². The zero-order valence-corrected chi connectivity index (χ0v) is 12.7. The first-order valence-electron chi connectivity index (χ1n) is 6.02. The highest BCUT2D eigenvalue weighted by Gasteiger charge is 2.09. The molecule has 2 aromatic heterocycles. The van der Waals surface area contributed by atoms with Gasteiger partial charge in [-0.1, -0.05) is 35.2 Å². The van der Waals surface area contributed by atoms with Gasteiger partial charge >= 0.3 is 0 Å². The number of hydrogen-bond acceptors (Lipinski definition) is 6. The van der Waals surface area contributed by atoms with E-state index < -0.39 is 0 Å². The summed E-state index contributed by atoms with van der Waals surface area (Å²) in [4.78, 5) is 16.8. The molecule has 0 bridgehead atoms. The van der Waals surface area contributed by atoms with Gasteiger partial charge in [-0.05, 0) is 19.1 Å². The van der Waals surface area contributed by atoms with Crippen LogP contribution in [0.5, 0.6) is 0 Å². The highest BCUT2D eigenvalue weighted by atomic mass is 32.2. The number of rotatable bonds is 3. The predicted octanol–water partition coefficient (Wildman–Crippen LogP) is 2.39. The zero-order chi connectivity index (χ0) is 14.1. The Morgan fingerprint density at radius 3 is 2.85 bits per heavy atom. The van der Waals surface area contributed by atoms with Crippen molar-refractivity contribution in [2.75, 3.05) is 0 Å². The molecule has 0 N–H and O–H groups in total. The van der Waals surface area contributed by atoms with Crippen molar-refractivity contribution >= 4 is 34.0 Å². The number of benzene rings is 1. The van der Waals surface area contributed by atoms with Crippen molar-refractivity contribution in [3.8, 4) is 0 Å². The zero-order valence-electron chi connectivity index (χ0n) is 11.0. The lowest BCUT2D eigenvalue weighted by Gasteiger charge is -2.07. The number of para-hydroxylation sites is 1. The molecule has 0 amide bonds. The Bertz CT molecular complexity index is 825. The lowest BCUT2D eigenvalue weighted by Crippen LogP contribution is -2.21. The summed E-state index contributed by atoms with van der Waals surface area (Å²) in [7, 11) is 1.75. The van der Waals surface area contributed by atoms with E-state index in [2.05, 4.69) is 15.2 Å². The van der Waals surface area contributed by atoms with Gasteiger partial charge in [-0.2, -0.15) is 0 Å². The van der Waals surface area contributed by atoms with Crippen LogP contribution in [-0.4, -0.2) is 19.7 Å². The fourth-order valence-electron chi connectivity index (χ4n) is 1.86. The van der Waals surface area contributed by atoms with Gasteiger partial charge in [-0.3, -0.25) is 9.36 Å². The molecule has 0 aliphatic heterocycles. The maximum atomic E-state index is 12.3. The Hall–Kier alpha value is -1.73. The lowest BCUT2D eigenvalue weighted by atomic mass is 10.2. The molecule has 102 valence electrons. The summed E-state index contributed by atoms with van der Waals surface area (Å²) < 4.78 is 2.49. The molecule has 20 heavy (non-hydrogen) atoms. The lowest BCUT2D eigenvalue weighted by molar-refractivity contribution is 0.785. The molecule has 0 saturated carbocycles. The Balaban J connectivity index is 1.95. The van der Waals surface area contributed by atoms with Gasteiger partial charge in [0.15, 0.2) is 4.34 Å². The molecule has 0 aliphatic carbocycles. The minimum atomic E-state index is -0.0142. The smallest absolute Gasteiger partial charge is 0.261 e. The molecular formula is C13H12N4OS2. The molecule has 0 radical (unpaired) electrons. The van der Waals surface area contributed by atoms with Gasteiger partial charge in [0.2, 0.25) is 0 Å². The Labute approximate surface area is 123 Å². The van der Waals surface area contributed by atoms with Crippen LogP contribution in [0.4, 0.5) is 0 Å². The molecule has 3 rings (SSSR count). The van der Waals surface area contributed by atoms with Gasteiger partial charge in [0, 0.05) is 7.05 Å². The topological polar surface area (TPSA) is 60.7 Å². The first-order chi connectivity index (χ1) is 9.65. The number of hydrogen-bond donors (Lipinski definition) is 0. The van der Waals surface area contributed by atoms with Crippen molar-refractivity contribution in [2.45, 2.75) is 17.0 Å². The van der Waals surface area contributed by atoms with Crippen LogP contribution in [-0.2, 0) is 12.8 Å². The van der Waals surface area contributed by atoms with Gasteiger partial charge < -0.3 is 0 Å². The molecule has 1 aromatic carbocycles. The highest BCUT2D eigenvalue weighted by Crippen LogP contribution is 2.24. The van der Waals surface area contributed by atoms with E-state index in [1.54, 1.807) is 40.8 Å². The molecular weight excluding hydrogens is 292 g/mol. The molecule has 0 unspecified atom stereocenters. The average Bonchev–Trinajstić information content (AvgIpc) is 2.87. The van der Waals surface area contributed by atoms with Crippen LogP contribution < -0.4 is 5.56 Å². The second-order valence-corrected chi connectivity index (χ2v) is 6.69. The van der Waals surface area contributed by atoms with Gasteiger partial charge in [0.05, 0.1) is 16.7 Å². The summed E-state index contributed by atoms with van der Waals surface area (Å²) in [6, 6.07) is 7.40. The standard InChI is InChI=1S/C13H12N4OS2/c1-8-15-16-13(20-8)19-7-11-14-10-6-4-3-5-9(10)12(18)17(11)2/h3-6H,7H2,1-2H3. The number of aromatic nitrogens is 4. The summed E-state index contributed by atoms with van der Waals surface area (Å²) in [6.45, 7) is 1.92. The summed E-state index contributed by atoms with van der Waals surface area (Å²) in [5.41, 5.74) is 0.722. The normalized spacial score (nSPS) is 11.1. The number of fused-ring (bicyclic) bond motifs is 1. The van der Waals surface area contributed by atoms with Gasteiger partial charge in [0.1, 0.15) is 10.8 Å². The van der Waals surface area contributed by atoms with Crippen molar-refractivity contribution < 1.29 is 0 Å². The van der Waals surface area contributed by atoms with Crippen molar-refractivity contribution in [1.82, 2.24) is 19.7 Å². The SMILES string of the molecule is Cc1nnc(SCc2nc3ccccc3c(=O)n2C)s1. The minimum absolute atomic E-state index is 0.0142. The maximum absolute atomic E-state index is 12.3. The van der Waals surface area contributed by atoms with E-state index in [4.69, 9.17) is 0 Å². The largest absolute Gasteiger partial charge is 0.299 e. The van der Waals surface area contributed by atoms with Gasteiger partial charge in [0.25, 0.3) is 5.56 Å². The number of nitrogens with zero attached hydrogens (tertiary/aromatic N) is 4.